The van der Waals surface area contributed by atoms with Crippen LogP contribution in [0.3, 0.4) is 0 Å². The average Bonchev–Trinajstić information content (AvgIpc) is 3.02. The molecule has 23 heavy (non-hydrogen) atoms. The Morgan fingerprint density at radius 3 is 3.22 bits per heavy atom. The van der Waals surface area contributed by atoms with Gasteiger partial charge in [0, 0.05) is 32.2 Å². The highest BCUT2D eigenvalue weighted by atomic mass is 16.5. The Bertz CT molecular complexity index is 658. The molecule has 1 unspecified atom stereocenters. The number of hydrogen-bond donors (Lipinski definition) is 1. The molecule has 0 saturated heterocycles. The van der Waals surface area contributed by atoms with Gasteiger partial charge in [-0.1, -0.05) is 0 Å². The van der Waals surface area contributed by atoms with Gasteiger partial charge in [0.2, 0.25) is 0 Å². The number of carbonyl (C=O) groups excluding carboxylic acids is 1. The normalized spacial score (nSPS) is 16.8. The van der Waals surface area contributed by atoms with Crippen molar-refractivity contribution in [3.05, 3.63) is 41.7 Å². The van der Waals surface area contributed by atoms with Gasteiger partial charge in [-0.25, -0.2) is 4.98 Å². The lowest BCUT2D eigenvalue weighted by atomic mass is 10.1. The van der Waals surface area contributed by atoms with Crippen LogP contribution in [0.5, 0.6) is 0 Å². The summed E-state index contributed by atoms with van der Waals surface area (Å²) in [6, 6.07) is 0. The molecule has 0 aliphatic carbocycles. The number of hydrogen-bond acceptors (Lipinski definition) is 6. The second kappa shape index (κ2) is 7.30. The molecule has 0 aromatic carbocycles. The van der Waals surface area contributed by atoms with Crippen molar-refractivity contribution in [1.82, 2.24) is 25.1 Å². The summed E-state index contributed by atoms with van der Waals surface area (Å²) in [5, 5.41) is 7.37. The first-order valence-electron chi connectivity index (χ1n) is 7.49. The van der Waals surface area contributed by atoms with E-state index in [4.69, 9.17) is 9.47 Å². The molecule has 8 nitrogen and oxygen atoms in total. The standard InChI is InChI=1S/C15H19N5O3/c1-22-7-5-20-10-11-2-6-23-13(14(11)19-20)9-18-15(21)12-8-16-3-4-17-12/h3-4,8,10,13H,2,5-7,9H2,1H3,(H,18,21). The van der Waals surface area contributed by atoms with Gasteiger partial charge >= 0.3 is 0 Å². The van der Waals surface area contributed by atoms with Crippen molar-refractivity contribution >= 4 is 5.91 Å². The number of aromatic nitrogens is 4. The van der Waals surface area contributed by atoms with Gasteiger partial charge in [-0.05, 0) is 12.0 Å². The van der Waals surface area contributed by atoms with E-state index in [1.165, 1.54) is 18.6 Å². The van der Waals surface area contributed by atoms with Gasteiger partial charge in [0.15, 0.2) is 0 Å². The first-order valence-corrected chi connectivity index (χ1v) is 7.49. The van der Waals surface area contributed by atoms with Crippen LogP contribution < -0.4 is 5.32 Å². The van der Waals surface area contributed by atoms with E-state index in [-0.39, 0.29) is 17.7 Å². The average molecular weight is 317 g/mol. The molecule has 0 saturated carbocycles. The summed E-state index contributed by atoms with van der Waals surface area (Å²) in [5.41, 5.74) is 2.33. The summed E-state index contributed by atoms with van der Waals surface area (Å²) < 4.78 is 12.7. The fraction of sp³-hybridized carbons (Fsp3) is 0.467. The van der Waals surface area contributed by atoms with Gasteiger partial charge in [0.25, 0.3) is 5.91 Å². The molecule has 0 spiro atoms. The second-order valence-corrected chi connectivity index (χ2v) is 5.21. The molecule has 2 aromatic rings. The molecular weight excluding hydrogens is 298 g/mol. The van der Waals surface area contributed by atoms with Gasteiger partial charge in [0.05, 0.1) is 31.6 Å². The summed E-state index contributed by atoms with van der Waals surface area (Å²) >= 11 is 0. The van der Waals surface area contributed by atoms with E-state index in [1.54, 1.807) is 7.11 Å². The fourth-order valence-electron chi connectivity index (χ4n) is 2.48. The second-order valence-electron chi connectivity index (χ2n) is 5.21. The number of amides is 1. The van der Waals surface area contributed by atoms with Crippen LogP contribution in [-0.4, -0.2) is 52.5 Å². The molecule has 0 bridgehead atoms. The number of rotatable bonds is 6. The number of nitrogens with zero attached hydrogens (tertiary/aromatic N) is 4. The van der Waals surface area contributed by atoms with Gasteiger partial charge in [0.1, 0.15) is 11.8 Å². The third-order valence-corrected chi connectivity index (χ3v) is 3.63. The quantitative estimate of drug-likeness (QED) is 0.827. The predicted molar refractivity (Wildman–Crippen MR) is 80.9 cm³/mol. The van der Waals surface area contributed by atoms with Gasteiger partial charge < -0.3 is 14.8 Å². The molecule has 3 rings (SSSR count). The van der Waals surface area contributed by atoms with E-state index in [0.29, 0.717) is 26.3 Å². The van der Waals surface area contributed by atoms with Crippen molar-refractivity contribution in [3.8, 4) is 0 Å². The monoisotopic (exact) mass is 317 g/mol. The molecular formula is C15H19N5O3. The molecule has 0 fully saturated rings. The van der Waals surface area contributed by atoms with Crippen LogP contribution in [0.2, 0.25) is 0 Å². The summed E-state index contributed by atoms with van der Waals surface area (Å²) in [7, 11) is 1.66. The molecule has 1 amide bonds. The maximum absolute atomic E-state index is 12.0. The van der Waals surface area contributed by atoms with Crippen LogP contribution in [0.4, 0.5) is 0 Å². The molecule has 1 N–H and O–H groups in total. The van der Waals surface area contributed by atoms with E-state index in [0.717, 1.165) is 17.7 Å². The minimum Gasteiger partial charge on any atom is -0.383 e. The van der Waals surface area contributed by atoms with E-state index in [9.17, 15) is 4.79 Å². The summed E-state index contributed by atoms with van der Waals surface area (Å²) in [6.07, 6.45) is 7.05. The molecule has 0 radical (unpaired) electrons. The highest BCUT2D eigenvalue weighted by Gasteiger charge is 2.25. The van der Waals surface area contributed by atoms with Crippen molar-refractivity contribution < 1.29 is 14.3 Å². The number of fused-ring (bicyclic) bond motifs is 1. The van der Waals surface area contributed by atoms with Gasteiger partial charge in [-0.15, -0.1) is 0 Å². The maximum Gasteiger partial charge on any atom is 0.271 e. The topological polar surface area (TPSA) is 91.2 Å². The number of nitrogens with one attached hydrogen (secondary N) is 1. The van der Waals surface area contributed by atoms with Crippen LogP contribution in [0.1, 0.15) is 27.8 Å². The highest BCUT2D eigenvalue weighted by molar-refractivity contribution is 5.91. The first kappa shape index (κ1) is 15.6. The van der Waals surface area contributed by atoms with Crippen LogP contribution in [0.25, 0.3) is 0 Å². The molecule has 1 atom stereocenters. The Kier molecular flexibility index (Phi) is 4.94. The molecule has 122 valence electrons. The summed E-state index contributed by atoms with van der Waals surface area (Å²) in [4.78, 5) is 19.9. The minimum absolute atomic E-state index is 0.247. The Labute approximate surface area is 133 Å². The summed E-state index contributed by atoms with van der Waals surface area (Å²) in [6.45, 7) is 2.27. The van der Waals surface area contributed by atoms with Crippen LogP contribution in [-0.2, 0) is 22.4 Å². The largest absolute Gasteiger partial charge is 0.383 e. The van der Waals surface area contributed by atoms with Gasteiger partial charge in [-0.3, -0.25) is 14.5 Å². The van der Waals surface area contributed by atoms with E-state index < -0.39 is 0 Å². The smallest absolute Gasteiger partial charge is 0.271 e. The van der Waals surface area contributed by atoms with Gasteiger partial charge in [-0.2, -0.15) is 5.10 Å². The SMILES string of the molecule is COCCn1cc2c(n1)C(CNC(=O)c1cnccn1)OCC2. The Balaban J connectivity index is 1.64. The third-order valence-electron chi connectivity index (χ3n) is 3.63. The third kappa shape index (κ3) is 3.72. The van der Waals surface area contributed by atoms with E-state index in [2.05, 4.69) is 20.4 Å². The minimum atomic E-state index is -0.271. The fourth-order valence-corrected chi connectivity index (χ4v) is 2.48. The van der Waals surface area contributed by atoms with Crippen LogP contribution >= 0.6 is 0 Å². The Morgan fingerprint density at radius 1 is 1.52 bits per heavy atom. The van der Waals surface area contributed by atoms with Crippen molar-refractivity contribution in [2.75, 3.05) is 26.9 Å². The number of methoxy groups -OCH3 is 1. The highest BCUT2D eigenvalue weighted by Crippen LogP contribution is 2.25. The molecule has 1 aliphatic rings. The lowest BCUT2D eigenvalue weighted by molar-refractivity contribution is 0.0381. The molecule has 2 aromatic heterocycles. The van der Waals surface area contributed by atoms with E-state index in [1.807, 2.05) is 10.9 Å². The van der Waals surface area contributed by atoms with Crippen LogP contribution in [0, 0.1) is 0 Å². The lowest BCUT2D eigenvalue weighted by Gasteiger charge is -2.22. The first-order chi connectivity index (χ1) is 11.3. The lowest BCUT2D eigenvalue weighted by Crippen LogP contribution is -2.32. The van der Waals surface area contributed by atoms with Crippen molar-refractivity contribution in [2.24, 2.45) is 0 Å². The number of ether oxygens (including phenoxy) is 2. The van der Waals surface area contributed by atoms with Crippen molar-refractivity contribution in [1.29, 1.82) is 0 Å². The zero-order chi connectivity index (χ0) is 16.1. The maximum atomic E-state index is 12.0. The zero-order valence-corrected chi connectivity index (χ0v) is 12.9. The van der Waals surface area contributed by atoms with Crippen molar-refractivity contribution in [3.63, 3.8) is 0 Å². The predicted octanol–water partition coefficient (Wildman–Crippen LogP) is 0.363. The molecule has 8 heteroatoms. The Hall–Kier alpha value is -2.32. The number of carbonyl (C=O) groups is 1. The molecule has 1 aliphatic heterocycles. The van der Waals surface area contributed by atoms with E-state index >= 15 is 0 Å². The van der Waals surface area contributed by atoms with Crippen LogP contribution in [0.15, 0.2) is 24.8 Å². The zero-order valence-electron chi connectivity index (χ0n) is 12.9. The Morgan fingerprint density at radius 2 is 2.43 bits per heavy atom. The summed E-state index contributed by atoms with van der Waals surface area (Å²) in [5.74, 6) is -0.271. The van der Waals surface area contributed by atoms with Crippen molar-refractivity contribution in [2.45, 2.75) is 19.1 Å². The molecule has 3 heterocycles.